The van der Waals surface area contributed by atoms with Crippen molar-refractivity contribution in [3.05, 3.63) is 187 Å². The molecule has 4 heterocycles. The molecule has 0 radical (unpaired) electrons. The van der Waals surface area contributed by atoms with Crippen molar-refractivity contribution >= 4 is 76.5 Å². The van der Waals surface area contributed by atoms with Crippen LogP contribution < -0.4 is 9.64 Å². The van der Waals surface area contributed by atoms with E-state index in [1.165, 1.54) is 22.9 Å². The van der Waals surface area contributed by atoms with Crippen LogP contribution in [-0.4, -0.2) is 14.1 Å². The Labute approximate surface area is 385 Å². The molecule has 0 bridgehead atoms. The monoisotopic (exact) mass is 981 g/mol. The Bertz CT molecular complexity index is 4070. The van der Waals surface area contributed by atoms with E-state index in [0.29, 0.717) is 5.69 Å². The van der Waals surface area contributed by atoms with Gasteiger partial charge in [0.15, 0.2) is 0 Å². The predicted octanol–water partition coefficient (Wildman–Crippen LogP) is 14.4. The van der Waals surface area contributed by atoms with Gasteiger partial charge in [-0.05, 0) is 109 Å². The predicted molar refractivity (Wildman–Crippen MR) is 249 cm³/mol. The van der Waals surface area contributed by atoms with Gasteiger partial charge in [-0.1, -0.05) is 140 Å². The van der Waals surface area contributed by atoms with Crippen LogP contribution in [0.25, 0.3) is 71.0 Å². The van der Waals surface area contributed by atoms with Crippen LogP contribution in [0.2, 0.25) is 0 Å². The van der Waals surface area contributed by atoms with Crippen LogP contribution in [0.4, 0.5) is 11.4 Å². The zero-order valence-electron chi connectivity index (χ0n) is 44.8. The molecule has 7 aromatic carbocycles. The minimum Gasteiger partial charge on any atom is -0.509 e. The fourth-order valence-electron chi connectivity index (χ4n) is 8.46. The molecule has 3 aromatic heterocycles. The van der Waals surface area contributed by atoms with Crippen LogP contribution in [0, 0.1) is 38.1 Å². The average Bonchev–Trinajstić information content (AvgIpc) is 3.91. The maximum atomic E-state index is 9.39. The summed E-state index contributed by atoms with van der Waals surface area (Å²) in [5.74, 6) is -0.665. The van der Waals surface area contributed by atoms with E-state index in [9.17, 15) is 4.11 Å². The van der Waals surface area contributed by atoms with Gasteiger partial charge in [-0.25, -0.2) is 4.98 Å². The van der Waals surface area contributed by atoms with Crippen molar-refractivity contribution < 1.29 is 40.9 Å². The molecule has 6 heteroatoms. The van der Waals surface area contributed by atoms with Crippen molar-refractivity contribution in [3.8, 4) is 17.3 Å². The number of rotatable bonds is 5. The molecule has 10 aromatic rings. The summed E-state index contributed by atoms with van der Waals surface area (Å²) in [5, 5.41) is 5.95. The second kappa shape index (κ2) is 14.9. The van der Waals surface area contributed by atoms with Gasteiger partial charge in [-0.3, -0.25) is 0 Å². The summed E-state index contributed by atoms with van der Waals surface area (Å²) in [7, 11) is 0. The second-order valence-electron chi connectivity index (χ2n) is 16.1. The number of benzene rings is 7. The first-order valence-corrected chi connectivity index (χ1v) is 19.7. The van der Waals surface area contributed by atoms with Crippen LogP contribution >= 0.6 is 0 Å². The number of para-hydroxylation sites is 3. The Hall–Kier alpha value is -6.55. The van der Waals surface area contributed by atoms with E-state index >= 15 is 0 Å². The SMILES string of the molecule is [2H]c1c(Oc2[c-]c3c(c([2H])c2[2H])c2c([2H])c([2H])c([2H])c([2H])c2n3-c2cc(C([2H])([2H])C(C)(C)C)ccn2)[c-]c(N2[CH-]n3c4c(C)cccc4c4cc(C)ccc4c4ccccc4c4cccc2c43)c([2H])c1[2H].[Pt]. The number of aryl methyl sites for hydroxylation is 2. The van der Waals surface area contributed by atoms with Crippen LogP contribution in [0.1, 0.15) is 52.5 Å². The topological polar surface area (TPSA) is 35.2 Å². The van der Waals surface area contributed by atoms with E-state index in [0.717, 1.165) is 54.5 Å². The number of fused-ring (bicyclic) bond motifs is 10. The molecular weight excluding hydrogens is 928 g/mol. The average molecular weight is 982 g/mol. The standard InChI is InChI=1S/C55H43N4O.Pt/c1-35-23-25-43-41-16-6-7-17-42(41)46-20-12-22-50-54(46)58(53-36(2)13-10-19-47(53)48(43)29-35)34-57(50)38-14-11-15-39(31-38)60-40-24-26-45-44-18-8-9-21-49(44)59(51(45)32-40)52-30-37(27-28-56-52)33-55(3,4)5;/h6-30,34H,33H2,1-5H3;/q-3;/i8D,9D,11D,14D,15D,18D,21D,24D,26D,33D2;. The van der Waals surface area contributed by atoms with Crippen molar-refractivity contribution in [2.24, 2.45) is 5.41 Å². The molecule has 0 amide bonds. The summed E-state index contributed by atoms with van der Waals surface area (Å²) < 4.78 is 109. The third kappa shape index (κ3) is 6.60. The fraction of sp³-hybridized carbons (Fsp3) is 0.127. The fourth-order valence-corrected chi connectivity index (χ4v) is 8.46. The molecule has 302 valence electrons. The minimum atomic E-state index is -1.88. The summed E-state index contributed by atoms with van der Waals surface area (Å²) in [6.07, 6.45) is -0.483. The number of nitrogens with zero attached hydrogens (tertiary/aromatic N) is 4. The van der Waals surface area contributed by atoms with Gasteiger partial charge in [0.1, 0.15) is 5.82 Å². The van der Waals surface area contributed by atoms with Gasteiger partial charge in [-0.2, -0.15) is 12.1 Å². The van der Waals surface area contributed by atoms with Crippen LogP contribution in [-0.2, 0) is 27.4 Å². The van der Waals surface area contributed by atoms with Crippen molar-refractivity contribution in [2.75, 3.05) is 4.90 Å². The molecule has 0 N–H and O–H groups in total. The van der Waals surface area contributed by atoms with Crippen molar-refractivity contribution in [1.82, 2.24) is 14.1 Å². The zero-order valence-corrected chi connectivity index (χ0v) is 36.1. The van der Waals surface area contributed by atoms with Crippen molar-refractivity contribution in [2.45, 2.75) is 41.0 Å². The molecule has 11 rings (SSSR count). The van der Waals surface area contributed by atoms with Crippen LogP contribution in [0.5, 0.6) is 11.5 Å². The Morgan fingerprint density at radius 3 is 2.26 bits per heavy atom. The molecule has 0 saturated carbocycles. The number of aromatic nitrogens is 3. The first-order valence-electron chi connectivity index (χ1n) is 25.2. The maximum Gasteiger partial charge on any atom is 0.135 e. The molecule has 0 aliphatic carbocycles. The summed E-state index contributed by atoms with van der Waals surface area (Å²) in [4.78, 5) is 6.30. The van der Waals surface area contributed by atoms with Crippen molar-refractivity contribution in [3.63, 3.8) is 0 Å². The Kier molecular flexibility index (Phi) is 6.84. The van der Waals surface area contributed by atoms with Gasteiger partial charge in [0.05, 0.1) is 5.48 Å². The molecule has 0 unspecified atom stereocenters. The van der Waals surface area contributed by atoms with E-state index in [4.69, 9.17) is 15.7 Å². The molecule has 61 heavy (non-hydrogen) atoms. The second-order valence-corrected chi connectivity index (χ2v) is 16.1. The zero-order chi connectivity index (χ0) is 50.3. The smallest absolute Gasteiger partial charge is 0.135 e. The van der Waals surface area contributed by atoms with Crippen molar-refractivity contribution in [1.29, 1.82) is 0 Å². The van der Waals surface area contributed by atoms with E-state index in [2.05, 4.69) is 84.1 Å². The minimum absolute atomic E-state index is 0. The van der Waals surface area contributed by atoms with Gasteiger partial charge in [-0.15, -0.1) is 35.6 Å². The molecule has 0 atom stereocenters. The molecule has 1 aliphatic rings. The van der Waals surface area contributed by atoms with E-state index in [1.54, 1.807) is 25.7 Å². The summed E-state index contributed by atoms with van der Waals surface area (Å²) in [6, 6.07) is 31.7. The van der Waals surface area contributed by atoms with E-state index < -0.39 is 60.1 Å². The van der Waals surface area contributed by atoms with Crippen LogP contribution in [0.15, 0.2) is 152 Å². The van der Waals surface area contributed by atoms with Gasteiger partial charge < -0.3 is 18.8 Å². The number of hydrogen-bond donors (Lipinski definition) is 0. The number of hydrogen-bond acceptors (Lipinski definition) is 3. The maximum absolute atomic E-state index is 9.39. The normalized spacial score (nSPS) is 15.2. The van der Waals surface area contributed by atoms with E-state index in [1.807, 2.05) is 37.0 Å². The molecule has 0 fully saturated rings. The summed E-state index contributed by atoms with van der Waals surface area (Å²) >= 11 is 0. The Morgan fingerprint density at radius 1 is 0.689 bits per heavy atom. The Morgan fingerprint density at radius 2 is 1.43 bits per heavy atom. The van der Waals surface area contributed by atoms with E-state index in [-0.39, 0.29) is 77.5 Å². The van der Waals surface area contributed by atoms with Gasteiger partial charge in [0.2, 0.25) is 0 Å². The Balaban J connectivity index is 0.00000596. The molecular formula is C55H43N4OPt-3. The quantitative estimate of drug-likeness (QED) is 0.161. The summed E-state index contributed by atoms with van der Waals surface area (Å²) in [5.41, 5.74) is 3.85. The molecule has 5 nitrogen and oxygen atoms in total. The molecule has 1 aliphatic heterocycles. The first kappa shape index (κ1) is 28.1. The number of pyridine rings is 1. The van der Waals surface area contributed by atoms with Gasteiger partial charge in [0, 0.05) is 55.4 Å². The summed E-state index contributed by atoms with van der Waals surface area (Å²) in [6.45, 7) is 11.3. The third-order valence-corrected chi connectivity index (χ3v) is 10.9. The third-order valence-electron chi connectivity index (χ3n) is 10.9. The molecule has 0 spiro atoms. The number of anilines is 2. The van der Waals surface area contributed by atoms with Gasteiger partial charge in [0.25, 0.3) is 0 Å². The molecule has 0 saturated heterocycles. The largest absolute Gasteiger partial charge is 0.509 e. The number of ether oxygens (including phenoxy) is 1. The van der Waals surface area contributed by atoms with Crippen LogP contribution in [0.3, 0.4) is 0 Å². The van der Waals surface area contributed by atoms with Gasteiger partial charge >= 0.3 is 0 Å². The first-order chi connectivity index (χ1) is 33.7.